The Balaban J connectivity index is 1.85. The standard InChI is InChI=1S/C15H10ClFO4/c16-9-1-3-10(4-2-9)21-11-5-6-12(13(17)7-11)15(8-20-15)14(18)19/h1-7H,8H2,(H,18,19). The van der Waals surface area contributed by atoms with Crippen LogP contribution in [0.2, 0.25) is 5.02 Å². The van der Waals surface area contributed by atoms with Crippen LogP contribution in [0.15, 0.2) is 42.5 Å². The smallest absolute Gasteiger partial charge is 0.343 e. The molecule has 1 aliphatic rings. The minimum Gasteiger partial charge on any atom is -0.479 e. The van der Waals surface area contributed by atoms with E-state index in [-0.39, 0.29) is 17.9 Å². The van der Waals surface area contributed by atoms with Crippen LogP contribution >= 0.6 is 11.6 Å². The Hall–Kier alpha value is -2.11. The van der Waals surface area contributed by atoms with E-state index in [4.69, 9.17) is 26.2 Å². The maximum absolute atomic E-state index is 14.1. The number of carboxylic acids is 1. The van der Waals surface area contributed by atoms with Gasteiger partial charge in [-0.2, -0.15) is 0 Å². The van der Waals surface area contributed by atoms with Crippen molar-refractivity contribution in [2.45, 2.75) is 5.60 Å². The van der Waals surface area contributed by atoms with Crippen LogP contribution in [-0.4, -0.2) is 17.7 Å². The maximum atomic E-state index is 14.1. The zero-order valence-corrected chi connectivity index (χ0v) is 11.4. The molecule has 21 heavy (non-hydrogen) atoms. The van der Waals surface area contributed by atoms with Crippen molar-refractivity contribution in [2.75, 3.05) is 6.61 Å². The highest BCUT2D eigenvalue weighted by Gasteiger charge is 2.56. The number of halogens is 2. The van der Waals surface area contributed by atoms with Gasteiger partial charge < -0.3 is 14.6 Å². The summed E-state index contributed by atoms with van der Waals surface area (Å²) in [6.07, 6.45) is 0. The first kappa shape index (κ1) is 13.9. The molecule has 1 heterocycles. The van der Waals surface area contributed by atoms with Crippen molar-refractivity contribution in [2.24, 2.45) is 0 Å². The van der Waals surface area contributed by atoms with Crippen LogP contribution in [-0.2, 0) is 15.1 Å². The zero-order chi connectivity index (χ0) is 15.0. The second-order valence-electron chi connectivity index (χ2n) is 4.62. The van der Waals surface area contributed by atoms with Crippen molar-refractivity contribution >= 4 is 17.6 Å². The molecule has 1 aliphatic heterocycles. The van der Waals surface area contributed by atoms with E-state index in [9.17, 15) is 9.18 Å². The van der Waals surface area contributed by atoms with Gasteiger partial charge in [-0.15, -0.1) is 0 Å². The zero-order valence-electron chi connectivity index (χ0n) is 10.7. The van der Waals surface area contributed by atoms with E-state index in [0.717, 1.165) is 6.07 Å². The average molecular weight is 309 g/mol. The largest absolute Gasteiger partial charge is 0.479 e. The van der Waals surface area contributed by atoms with Gasteiger partial charge in [0.2, 0.25) is 5.60 Å². The van der Waals surface area contributed by atoms with Crippen molar-refractivity contribution in [3.8, 4) is 11.5 Å². The SMILES string of the molecule is O=C(O)C1(c2ccc(Oc3ccc(Cl)cc3)cc2F)CO1. The lowest BCUT2D eigenvalue weighted by molar-refractivity contribution is -0.143. The fourth-order valence-corrected chi connectivity index (χ4v) is 2.12. The second kappa shape index (κ2) is 5.02. The highest BCUT2D eigenvalue weighted by atomic mass is 35.5. The Bertz CT molecular complexity index is 695. The second-order valence-corrected chi connectivity index (χ2v) is 5.05. The van der Waals surface area contributed by atoms with E-state index in [0.29, 0.717) is 10.8 Å². The first-order chi connectivity index (χ1) is 10.0. The number of epoxide rings is 1. The molecule has 2 aromatic rings. The summed E-state index contributed by atoms with van der Waals surface area (Å²) in [5.41, 5.74) is -1.55. The topological polar surface area (TPSA) is 59.1 Å². The number of carbonyl (C=O) groups is 1. The van der Waals surface area contributed by atoms with Crippen LogP contribution in [0, 0.1) is 5.82 Å². The molecule has 0 spiro atoms. The summed E-state index contributed by atoms with van der Waals surface area (Å²) in [5.74, 6) is -1.11. The molecule has 0 saturated carbocycles. The highest BCUT2D eigenvalue weighted by Crippen LogP contribution is 2.41. The lowest BCUT2D eigenvalue weighted by Gasteiger charge is -2.11. The Morgan fingerprint density at radius 3 is 2.38 bits per heavy atom. The number of aliphatic carboxylic acids is 1. The Morgan fingerprint density at radius 2 is 1.86 bits per heavy atom. The van der Waals surface area contributed by atoms with E-state index < -0.39 is 17.4 Å². The Kier molecular flexibility index (Phi) is 3.31. The predicted octanol–water partition coefficient (Wildman–Crippen LogP) is 3.58. The normalized spacial score (nSPS) is 20.1. The molecule has 0 bridgehead atoms. The minimum atomic E-state index is -1.55. The predicted molar refractivity (Wildman–Crippen MR) is 73.2 cm³/mol. The average Bonchev–Trinajstić information content (AvgIpc) is 3.23. The van der Waals surface area contributed by atoms with Crippen molar-refractivity contribution in [1.82, 2.24) is 0 Å². The van der Waals surface area contributed by atoms with Gasteiger partial charge in [0.05, 0.1) is 6.61 Å². The third kappa shape index (κ3) is 2.57. The molecule has 1 fully saturated rings. The van der Waals surface area contributed by atoms with Crippen molar-refractivity contribution in [3.63, 3.8) is 0 Å². The molecule has 0 amide bonds. The van der Waals surface area contributed by atoms with Gasteiger partial charge in [0.25, 0.3) is 0 Å². The minimum absolute atomic E-state index is 0.00143. The molecule has 2 aromatic carbocycles. The molecule has 3 rings (SSSR count). The molecule has 0 aliphatic carbocycles. The molecule has 4 nitrogen and oxygen atoms in total. The van der Waals surface area contributed by atoms with Gasteiger partial charge in [-0.1, -0.05) is 11.6 Å². The maximum Gasteiger partial charge on any atom is 0.343 e. The van der Waals surface area contributed by atoms with Crippen molar-refractivity contribution in [3.05, 3.63) is 58.9 Å². The summed E-state index contributed by atoms with van der Waals surface area (Å²) in [6.45, 7) is -0.0311. The number of hydrogen-bond donors (Lipinski definition) is 1. The van der Waals surface area contributed by atoms with E-state index in [2.05, 4.69) is 0 Å². The van der Waals surface area contributed by atoms with Crippen molar-refractivity contribution < 1.29 is 23.8 Å². The number of ether oxygens (including phenoxy) is 2. The monoisotopic (exact) mass is 308 g/mol. The summed E-state index contributed by atoms with van der Waals surface area (Å²) >= 11 is 5.76. The molecular formula is C15H10ClFO4. The van der Waals surface area contributed by atoms with E-state index in [1.165, 1.54) is 12.1 Å². The molecule has 1 unspecified atom stereocenters. The Labute approximate surface area is 124 Å². The van der Waals surface area contributed by atoms with Crippen LogP contribution in [0.3, 0.4) is 0 Å². The molecule has 108 valence electrons. The summed E-state index contributed by atoms with van der Waals surface area (Å²) in [5, 5.41) is 9.64. The Morgan fingerprint density at radius 1 is 1.24 bits per heavy atom. The summed E-state index contributed by atoms with van der Waals surface area (Å²) in [6, 6.07) is 10.6. The van der Waals surface area contributed by atoms with Gasteiger partial charge in [-0.25, -0.2) is 9.18 Å². The van der Waals surface area contributed by atoms with Crippen LogP contribution in [0.25, 0.3) is 0 Å². The molecule has 0 aromatic heterocycles. The van der Waals surface area contributed by atoms with Crippen LogP contribution in [0.1, 0.15) is 5.56 Å². The number of rotatable bonds is 4. The molecule has 1 saturated heterocycles. The quantitative estimate of drug-likeness (QED) is 0.877. The lowest BCUT2D eigenvalue weighted by Crippen LogP contribution is -2.22. The van der Waals surface area contributed by atoms with Crippen molar-refractivity contribution in [1.29, 1.82) is 0 Å². The van der Waals surface area contributed by atoms with Gasteiger partial charge in [0, 0.05) is 16.7 Å². The molecule has 6 heteroatoms. The fraction of sp³-hybridized carbons (Fsp3) is 0.133. The van der Waals surface area contributed by atoms with Gasteiger partial charge >= 0.3 is 5.97 Å². The van der Waals surface area contributed by atoms with E-state index >= 15 is 0 Å². The molecular weight excluding hydrogens is 299 g/mol. The summed E-state index contributed by atoms with van der Waals surface area (Å²) < 4.78 is 24.4. The summed E-state index contributed by atoms with van der Waals surface area (Å²) in [4.78, 5) is 11.1. The van der Waals surface area contributed by atoms with Crippen LogP contribution in [0.4, 0.5) is 4.39 Å². The van der Waals surface area contributed by atoms with Crippen LogP contribution < -0.4 is 4.74 Å². The summed E-state index contributed by atoms with van der Waals surface area (Å²) in [7, 11) is 0. The van der Waals surface area contributed by atoms with Gasteiger partial charge in [0.1, 0.15) is 17.3 Å². The van der Waals surface area contributed by atoms with Gasteiger partial charge in [0.15, 0.2) is 0 Å². The van der Waals surface area contributed by atoms with E-state index in [1.54, 1.807) is 24.3 Å². The van der Waals surface area contributed by atoms with Gasteiger partial charge in [-0.3, -0.25) is 0 Å². The van der Waals surface area contributed by atoms with E-state index in [1.807, 2.05) is 0 Å². The third-order valence-electron chi connectivity index (χ3n) is 3.20. The highest BCUT2D eigenvalue weighted by molar-refractivity contribution is 6.30. The fourth-order valence-electron chi connectivity index (χ4n) is 1.99. The van der Waals surface area contributed by atoms with Crippen LogP contribution in [0.5, 0.6) is 11.5 Å². The third-order valence-corrected chi connectivity index (χ3v) is 3.46. The number of hydrogen-bond acceptors (Lipinski definition) is 3. The first-order valence-electron chi connectivity index (χ1n) is 6.12. The molecule has 0 radical (unpaired) electrons. The molecule has 1 atom stereocenters. The number of benzene rings is 2. The first-order valence-corrected chi connectivity index (χ1v) is 6.50. The number of carboxylic acid groups (broad SMARTS) is 1. The van der Waals surface area contributed by atoms with Gasteiger partial charge in [-0.05, 0) is 36.4 Å². The lowest BCUT2D eigenvalue weighted by atomic mass is 9.99. The molecule has 1 N–H and O–H groups in total.